The normalized spacial score (nSPS) is 15.4. The SMILES string of the molecule is O=[N+]([O-])c1ccc(-c2nc3ccc(Br)cn3c2CN2CCNCC2)cc1. The second kappa shape index (κ2) is 7.14. The summed E-state index contributed by atoms with van der Waals surface area (Å²) in [5.41, 5.74) is 3.81. The summed E-state index contributed by atoms with van der Waals surface area (Å²) in [4.78, 5) is 17.7. The summed E-state index contributed by atoms with van der Waals surface area (Å²) in [5, 5.41) is 14.3. The van der Waals surface area contributed by atoms with Gasteiger partial charge in [-0.25, -0.2) is 4.98 Å². The molecule has 0 spiro atoms. The van der Waals surface area contributed by atoms with E-state index < -0.39 is 0 Å². The van der Waals surface area contributed by atoms with Gasteiger partial charge in [-0.3, -0.25) is 15.0 Å². The van der Waals surface area contributed by atoms with Crippen LogP contribution in [0.15, 0.2) is 47.1 Å². The van der Waals surface area contributed by atoms with E-state index >= 15 is 0 Å². The Morgan fingerprint density at radius 2 is 1.88 bits per heavy atom. The summed E-state index contributed by atoms with van der Waals surface area (Å²) in [6.07, 6.45) is 2.02. The number of nitro benzene ring substituents is 1. The number of benzene rings is 1. The predicted molar refractivity (Wildman–Crippen MR) is 103 cm³/mol. The van der Waals surface area contributed by atoms with E-state index in [0.29, 0.717) is 0 Å². The third-order valence-corrected chi connectivity index (χ3v) is 5.09. The summed E-state index contributed by atoms with van der Waals surface area (Å²) in [6.45, 7) is 4.72. The van der Waals surface area contributed by atoms with Gasteiger partial charge in [-0.15, -0.1) is 0 Å². The fourth-order valence-electron chi connectivity index (χ4n) is 3.27. The Bertz CT molecular complexity index is 948. The van der Waals surface area contributed by atoms with Crippen molar-refractivity contribution in [3.05, 3.63) is 62.9 Å². The molecular formula is C18H18BrN5O2. The highest BCUT2D eigenvalue weighted by Gasteiger charge is 2.19. The Hall–Kier alpha value is -2.29. The lowest BCUT2D eigenvalue weighted by Gasteiger charge is -2.27. The molecule has 3 aromatic rings. The molecule has 0 amide bonds. The molecule has 1 aliphatic rings. The third-order valence-electron chi connectivity index (χ3n) is 4.62. The van der Waals surface area contributed by atoms with E-state index in [-0.39, 0.29) is 10.6 Å². The summed E-state index contributed by atoms with van der Waals surface area (Å²) in [7, 11) is 0. The lowest BCUT2D eigenvalue weighted by molar-refractivity contribution is -0.384. The van der Waals surface area contributed by atoms with Gasteiger partial charge >= 0.3 is 0 Å². The van der Waals surface area contributed by atoms with E-state index in [4.69, 9.17) is 4.98 Å². The third kappa shape index (κ3) is 3.35. The fourth-order valence-corrected chi connectivity index (χ4v) is 3.61. The van der Waals surface area contributed by atoms with Gasteiger partial charge in [-0.05, 0) is 40.2 Å². The molecule has 2 aromatic heterocycles. The Kier molecular flexibility index (Phi) is 4.71. The van der Waals surface area contributed by atoms with Crippen molar-refractivity contribution in [1.29, 1.82) is 0 Å². The monoisotopic (exact) mass is 415 g/mol. The Morgan fingerprint density at radius 1 is 1.15 bits per heavy atom. The second-order valence-electron chi connectivity index (χ2n) is 6.31. The molecule has 4 rings (SSSR count). The molecule has 1 saturated heterocycles. The maximum Gasteiger partial charge on any atom is 0.269 e. The van der Waals surface area contributed by atoms with Gasteiger partial charge < -0.3 is 9.72 Å². The quantitative estimate of drug-likeness (QED) is 0.523. The fraction of sp³-hybridized carbons (Fsp3) is 0.278. The predicted octanol–water partition coefficient (Wildman–Crippen LogP) is 3.08. The number of rotatable bonds is 4. The summed E-state index contributed by atoms with van der Waals surface area (Å²) >= 11 is 3.54. The van der Waals surface area contributed by atoms with Crippen LogP contribution < -0.4 is 5.32 Å². The van der Waals surface area contributed by atoms with Gasteiger partial charge in [0.2, 0.25) is 0 Å². The van der Waals surface area contributed by atoms with Gasteiger partial charge in [-0.2, -0.15) is 0 Å². The summed E-state index contributed by atoms with van der Waals surface area (Å²) in [6, 6.07) is 10.6. The number of nitro groups is 1. The van der Waals surface area contributed by atoms with Gasteiger partial charge in [0.15, 0.2) is 0 Å². The topological polar surface area (TPSA) is 75.7 Å². The lowest BCUT2D eigenvalue weighted by atomic mass is 10.1. The molecule has 8 heteroatoms. The van der Waals surface area contributed by atoms with Crippen molar-refractivity contribution in [2.24, 2.45) is 0 Å². The Balaban J connectivity index is 1.79. The van der Waals surface area contributed by atoms with Crippen LogP contribution in [0.2, 0.25) is 0 Å². The number of hydrogen-bond acceptors (Lipinski definition) is 5. The maximum absolute atomic E-state index is 10.9. The number of fused-ring (bicyclic) bond motifs is 1. The first-order chi connectivity index (χ1) is 12.6. The van der Waals surface area contributed by atoms with Crippen LogP contribution in [-0.4, -0.2) is 45.4 Å². The average molecular weight is 416 g/mol. The van der Waals surface area contributed by atoms with E-state index in [9.17, 15) is 10.1 Å². The molecule has 0 bridgehead atoms. The van der Waals surface area contributed by atoms with E-state index in [1.807, 2.05) is 18.3 Å². The van der Waals surface area contributed by atoms with Gasteiger partial charge in [0.1, 0.15) is 5.65 Å². The number of nitrogens with zero attached hydrogens (tertiary/aromatic N) is 4. The van der Waals surface area contributed by atoms with Gasteiger partial charge in [-0.1, -0.05) is 0 Å². The van der Waals surface area contributed by atoms with Crippen LogP contribution in [0.1, 0.15) is 5.69 Å². The van der Waals surface area contributed by atoms with Crippen LogP contribution >= 0.6 is 15.9 Å². The highest BCUT2D eigenvalue weighted by atomic mass is 79.9. The molecule has 0 unspecified atom stereocenters. The maximum atomic E-state index is 10.9. The standard InChI is InChI=1S/C18H18BrN5O2/c19-14-3-6-17-21-18(13-1-4-15(5-2-13)24(25)26)16(23(17)11-14)12-22-9-7-20-8-10-22/h1-6,11,20H,7-10,12H2. The van der Waals surface area contributed by atoms with Crippen LogP contribution in [0.25, 0.3) is 16.9 Å². The van der Waals surface area contributed by atoms with Crippen molar-refractivity contribution in [1.82, 2.24) is 19.6 Å². The Labute approximate surface area is 158 Å². The van der Waals surface area contributed by atoms with Crippen molar-refractivity contribution in [2.75, 3.05) is 26.2 Å². The molecule has 0 atom stereocenters. The summed E-state index contributed by atoms with van der Waals surface area (Å²) in [5.74, 6) is 0. The van der Waals surface area contributed by atoms with Crippen molar-refractivity contribution >= 4 is 27.3 Å². The minimum absolute atomic E-state index is 0.0870. The molecule has 26 heavy (non-hydrogen) atoms. The van der Waals surface area contributed by atoms with Crippen LogP contribution in [0.4, 0.5) is 5.69 Å². The minimum Gasteiger partial charge on any atom is -0.314 e. The molecule has 0 saturated carbocycles. The zero-order valence-corrected chi connectivity index (χ0v) is 15.6. The van der Waals surface area contributed by atoms with Crippen molar-refractivity contribution in [2.45, 2.75) is 6.54 Å². The molecule has 0 aliphatic carbocycles. The van der Waals surface area contributed by atoms with Crippen LogP contribution in [0.3, 0.4) is 0 Å². The highest BCUT2D eigenvalue weighted by Crippen LogP contribution is 2.28. The van der Waals surface area contributed by atoms with E-state index in [1.165, 1.54) is 12.1 Å². The van der Waals surface area contributed by atoms with Crippen molar-refractivity contribution in [3.8, 4) is 11.3 Å². The highest BCUT2D eigenvalue weighted by molar-refractivity contribution is 9.10. The molecule has 1 aliphatic heterocycles. The number of aromatic nitrogens is 2. The smallest absolute Gasteiger partial charge is 0.269 e. The van der Waals surface area contributed by atoms with E-state index in [0.717, 1.165) is 59.8 Å². The molecule has 3 heterocycles. The van der Waals surface area contributed by atoms with E-state index in [1.54, 1.807) is 12.1 Å². The van der Waals surface area contributed by atoms with Gasteiger partial charge in [0.25, 0.3) is 5.69 Å². The van der Waals surface area contributed by atoms with Crippen molar-refractivity contribution < 1.29 is 4.92 Å². The number of pyridine rings is 1. The summed E-state index contributed by atoms with van der Waals surface area (Å²) < 4.78 is 3.09. The first-order valence-electron chi connectivity index (χ1n) is 8.46. The van der Waals surface area contributed by atoms with E-state index in [2.05, 4.69) is 30.5 Å². The van der Waals surface area contributed by atoms with Crippen LogP contribution in [0.5, 0.6) is 0 Å². The first-order valence-corrected chi connectivity index (χ1v) is 9.25. The molecule has 1 fully saturated rings. The number of imidazole rings is 1. The molecule has 0 radical (unpaired) electrons. The van der Waals surface area contributed by atoms with Crippen LogP contribution in [-0.2, 0) is 6.54 Å². The molecule has 1 aromatic carbocycles. The molecular weight excluding hydrogens is 398 g/mol. The second-order valence-corrected chi connectivity index (χ2v) is 7.23. The largest absolute Gasteiger partial charge is 0.314 e. The molecule has 1 N–H and O–H groups in total. The average Bonchev–Trinajstić information content (AvgIpc) is 3.00. The van der Waals surface area contributed by atoms with Crippen molar-refractivity contribution in [3.63, 3.8) is 0 Å². The molecule has 7 nitrogen and oxygen atoms in total. The number of nitrogens with one attached hydrogen (secondary N) is 1. The molecule has 134 valence electrons. The number of piperazine rings is 1. The minimum atomic E-state index is -0.383. The van der Waals surface area contributed by atoms with Gasteiger partial charge in [0.05, 0.1) is 16.3 Å². The lowest BCUT2D eigenvalue weighted by Crippen LogP contribution is -2.43. The van der Waals surface area contributed by atoms with Gasteiger partial charge in [0, 0.05) is 61.1 Å². The zero-order valence-electron chi connectivity index (χ0n) is 14.1. The number of halogens is 1. The Morgan fingerprint density at radius 3 is 2.58 bits per heavy atom. The first kappa shape index (κ1) is 17.1. The number of hydrogen-bond donors (Lipinski definition) is 1. The number of non-ortho nitro benzene ring substituents is 1. The van der Waals surface area contributed by atoms with Crippen LogP contribution in [0, 0.1) is 10.1 Å². The zero-order chi connectivity index (χ0) is 18.1.